The highest BCUT2D eigenvalue weighted by Crippen LogP contribution is 2.25. The summed E-state index contributed by atoms with van der Waals surface area (Å²) < 4.78 is 10.6. The zero-order valence-electron chi connectivity index (χ0n) is 9.61. The van der Waals surface area contributed by atoms with Crippen LogP contribution in [0.1, 0.15) is 5.56 Å². The molecule has 0 amide bonds. The number of hydrogen-bond acceptors (Lipinski definition) is 4. The van der Waals surface area contributed by atoms with Gasteiger partial charge in [-0.05, 0) is 12.1 Å². The van der Waals surface area contributed by atoms with Crippen LogP contribution < -0.4 is 10.5 Å². The Bertz CT molecular complexity index is 349. The average Bonchev–Trinajstić information content (AvgIpc) is 2.33. The Balaban J connectivity index is 2.12. The molecule has 0 radical (unpaired) electrons. The van der Waals surface area contributed by atoms with Crippen LogP contribution in [-0.4, -0.2) is 38.3 Å². The van der Waals surface area contributed by atoms with Gasteiger partial charge in [-0.1, -0.05) is 6.07 Å². The van der Waals surface area contributed by atoms with E-state index in [1.807, 2.05) is 18.2 Å². The topological polar surface area (TPSA) is 47.7 Å². The highest BCUT2D eigenvalue weighted by atomic mass is 16.5. The Morgan fingerprint density at radius 3 is 2.81 bits per heavy atom. The van der Waals surface area contributed by atoms with E-state index in [9.17, 15) is 0 Å². The zero-order chi connectivity index (χ0) is 11.4. The molecular weight excluding hydrogens is 204 g/mol. The summed E-state index contributed by atoms with van der Waals surface area (Å²) in [7, 11) is 1.68. The predicted molar refractivity (Wildman–Crippen MR) is 63.5 cm³/mol. The van der Waals surface area contributed by atoms with Crippen molar-refractivity contribution in [2.24, 2.45) is 0 Å². The van der Waals surface area contributed by atoms with E-state index in [2.05, 4.69) is 4.90 Å². The van der Waals surface area contributed by atoms with Gasteiger partial charge in [-0.25, -0.2) is 0 Å². The lowest BCUT2D eigenvalue weighted by Gasteiger charge is -2.27. The van der Waals surface area contributed by atoms with Gasteiger partial charge in [0.1, 0.15) is 5.75 Å². The molecule has 4 heteroatoms. The second-order valence-electron chi connectivity index (χ2n) is 3.92. The van der Waals surface area contributed by atoms with Crippen molar-refractivity contribution in [3.63, 3.8) is 0 Å². The molecule has 0 unspecified atom stereocenters. The lowest BCUT2D eigenvalue weighted by atomic mass is 10.1. The fourth-order valence-corrected chi connectivity index (χ4v) is 1.93. The third-order valence-electron chi connectivity index (χ3n) is 2.87. The van der Waals surface area contributed by atoms with Crippen LogP contribution in [0.3, 0.4) is 0 Å². The number of nitrogens with zero attached hydrogens (tertiary/aromatic N) is 1. The van der Waals surface area contributed by atoms with Crippen molar-refractivity contribution < 1.29 is 9.47 Å². The molecule has 1 aromatic rings. The summed E-state index contributed by atoms with van der Waals surface area (Å²) in [6.45, 7) is 4.35. The summed E-state index contributed by atoms with van der Waals surface area (Å²) in [4.78, 5) is 2.33. The largest absolute Gasteiger partial charge is 0.496 e. The van der Waals surface area contributed by atoms with E-state index in [4.69, 9.17) is 15.2 Å². The number of hydrogen-bond donors (Lipinski definition) is 1. The first kappa shape index (κ1) is 11.2. The third-order valence-corrected chi connectivity index (χ3v) is 2.87. The molecule has 1 aliphatic rings. The van der Waals surface area contributed by atoms with Gasteiger partial charge in [0.2, 0.25) is 0 Å². The minimum absolute atomic E-state index is 0.797. The molecule has 1 saturated heterocycles. The molecule has 2 rings (SSSR count). The quantitative estimate of drug-likeness (QED) is 0.778. The van der Waals surface area contributed by atoms with Crippen LogP contribution in [0.4, 0.5) is 5.69 Å². The Kier molecular flexibility index (Phi) is 3.64. The van der Waals surface area contributed by atoms with Crippen molar-refractivity contribution in [3.05, 3.63) is 23.8 Å². The number of anilines is 1. The minimum Gasteiger partial charge on any atom is -0.496 e. The maximum Gasteiger partial charge on any atom is 0.125 e. The normalized spacial score (nSPS) is 17.3. The zero-order valence-corrected chi connectivity index (χ0v) is 9.61. The van der Waals surface area contributed by atoms with Gasteiger partial charge in [-0.15, -0.1) is 0 Å². The van der Waals surface area contributed by atoms with Gasteiger partial charge >= 0.3 is 0 Å². The van der Waals surface area contributed by atoms with Gasteiger partial charge in [0, 0.05) is 30.9 Å². The molecule has 0 atom stereocenters. The van der Waals surface area contributed by atoms with Crippen molar-refractivity contribution in [2.75, 3.05) is 39.1 Å². The molecule has 1 heterocycles. The van der Waals surface area contributed by atoms with Crippen LogP contribution in [-0.2, 0) is 11.3 Å². The van der Waals surface area contributed by atoms with Crippen molar-refractivity contribution >= 4 is 5.69 Å². The highest BCUT2D eigenvalue weighted by molar-refractivity contribution is 5.54. The number of nitrogen functional groups attached to an aromatic ring is 1. The lowest BCUT2D eigenvalue weighted by molar-refractivity contribution is 0.0340. The van der Waals surface area contributed by atoms with Gasteiger partial charge in [0.05, 0.1) is 20.3 Å². The maximum atomic E-state index is 5.98. The maximum absolute atomic E-state index is 5.98. The van der Waals surface area contributed by atoms with Crippen LogP contribution in [0.15, 0.2) is 18.2 Å². The van der Waals surface area contributed by atoms with Gasteiger partial charge in [-0.2, -0.15) is 0 Å². The monoisotopic (exact) mass is 222 g/mol. The first-order valence-electron chi connectivity index (χ1n) is 5.52. The Hall–Kier alpha value is -1.26. The van der Waals surface area contributed by atoms with Crippen molar-refractivity contribution in [1.82, 2.24) is 4.90 Å². The summed E-state index contributed by atoms with van der Waals surface area (Å²) in [5, 5.41) is 0. The number of nitrogens with two attached hydrogens (primary N) is 1. The fraction of sp³-hybridized carbons (Fsp3) is 0.500. The number of morpholine rings is 1. The molecule has 1 aliphatic heterocycles. The highest BCUT2D eigenvalue weighted by Gasteiger charge is 2.14. The van der Waals surface area contributed by atoms with E-state index in [0.29, 0.717) is 0 Å². The van der Waals surface area contributed by atoms with E-state index < -0.39 is 0 Å². The van der Waals surface area contributed by atoms with Gasteiger partial charge in [0.15, 0.2) is 0 Å². The van der Waals surface area contributed by atoms with E-state index in [1.165, 1.54) is 0 Å². The summed E-state index contributed by atoms with van der Waals surface area (Å²) in [5.41, 5.74) is 7.85. The number of benzene rings is 1. The Morgan fingerprint density at radius 1 is 1.38 bits per heavy atom. The molecule has 1 aromatic carbocycles. The predicted octanol–water partition coefficient (Wildman–Crippen LogP) is 1.11. The smallest absolute Gasteiger partial charge is 0.125 e. The molecule has 4 nitrogen and oxygen atoms in total. The van der Waals surface area contributed by atoms with Crippen molar-refractivity contribution in [3.8, 4) is 5.75 Å². The van der Waals surface area contributed by atoms with E-state index >= 15 is 0 Å². The molecule has 16 heavy (non-hydrogen) atoms. The summed E-state index contributed by atoms with van der Waals surface area (Å²) in [6, 6.07) is 5.78. The number of ether oxygens (including phenoxy) is 2. The van der Waals surface area contributed by atoms with Gasteiger partial charge in [0.25, 0.3) is 0 Å². The third kappa shape index (κ3) is 2.46. The summed E-state index contributed by atoms with van der Waals surface area (Å²) in [6.07, 6.45) is 0. The standard InChI is InChI=1S/C12H18N2O2/c1-15-12-4-2-3-11(13)10(12)9-14-5-7-16-8-6-14/h2-4H,5-9,13H2,1H3. The second-order valence-corrected chi connectivity index (χ2v) is 3.92. The SMILES string of the molecule is COc1cccc(N)c1CN1CCOCC1. The van der Waals surface area contributed by atoms with Crippen molar-refractivity contribution in [2.45, 2.75) is 6.54 Å². The molecule has 88 valence electrons. The van der Waals surface area contributed by atoms with Crippen LogP contribution in [0.5, 0.6) is 5.75 Å². The molecular formula is C12H18N2O2. The van der Waals surface area contributed by atoms with E-state index in [-0.39, 0.29) is 0 Å². The number of rotatable bonds is 3. The Labute approximate surface area is 95.9 Å². The first-order chi connectivity index (χ1) is 7.81. The molecule has 0 aromatic heterocycles. The van der Waals surface area contributed by atoms with Gasteiger partial charge < -0.3 is 15.2 Å². The minimum atomic E-state index is 0.797. The molecule has 2 N–H and O–H groups in total. The fourth-order valence-electron chi connectivity index (χ4n) is 1.93. The molecule has 0 saturated carbocycles. The Morgan fingerprint density at radius 2 is 2.12 bits per heavy atom. The molecule has 0 bridgehead atoms. The van der Waals surface area contributed by atoms with E-state index in [0.717, 1.165) is 49.8 Å². The van der Waals surface area contributed by atoms with Crippen LogP contribution in [0.25, 0.3) is 0 Å². The van der Waals surface area contributed by atoms with Crippen LogP contribution in [0, 0.1) is 0 Å². The lowest BCUT2D eigenvalue weighted by Crippen LogP contribution is -2.35. The molecule has 0 spiro atoms. The van der Waals surface area contributed by atoms with Crippen LogP contribution in [0.2, 0.25) is 0 Å². The molecule has 1 fully saturated rings. The van der Waals surface area contributed by atoms with E-state index in [1.54, 1.807) is 7.11 Å². The van der Waals surface area contributed by atoms with Crippen LogP contribution >= 0.6 is 0 Å². The van der Waals surface area contributed by atoms with Gasteiger partial charge in [-0.3, -0.25) is 4.90 Å². The summed E-state index contributed by atoms with van der Waals surface area (Å²) in [5.74, 6) is 0.867. The average molecular weight is 222 g/mol. The molecule has 0 aliphatic carbocycles. The summed E-state index contributed by atoms with van der Waals surface area (Å²) >= 11 is 0. The number of methoxy groups -OCH3 is 1. The van der Waals surface area contributed by atoms with Crippen molar-refractivity contribution in [1.29, 1.82) is 0 Å². The first-order valence-corrected chi connectivity index (χ1v) is 5.52. The second kappa shape index (κ2) is 5.18.